The van der Waals surface area contributed by atoms with Gasteiger partial charge in [0.15, 0.2) is 11.9 Å². The van der Waals surface area contributed by atoms with Gasteiger partial charge in [0.25, 0.3) is 0 Å². The number of rotatable bonds is 5. The van der Waals surface area contributed by atoms with E-state index in [-0.39, 0.29) is 10.8 Å². The maximum absolute atomic E-state index is 6.83. The van der Waals surface area contributed by atoms with Gasteiger partial charge >= 0.3 is 0 Å². The van der Waals surface area contributed by atoms with Gasteiger partial charge < -0.3 is 10.6 Å². The lowest BCUT2D eigenvalue weighted by Gasteiger charge is -2.25. The van der Waals surface area contributed by atoms with Gasteiger partial charge in [-0.3, -0.25) is 0 Å². The fourth-order valence-electron chi connectivity index (χ4n) is 6.22. The van der Waals surface area contributed by atoms with E-state index >= 15 is 0 Å². The molecule has 0 bridgehead atoms. The van der Waals surface area contributed by atoms with Crippen LogP contribution in [0.1, 0.15) is 58.1 Å². The highest BCUT2D eigenvalue weighted by Gasteiger charge is 2.43. The van der Waals surface area contributed by atoms with E-state index in [1.54, 1.807) is 0 Å². The molecule has 5 rings (SSSR count). The van der Waals surface area contributed by atoms with Crippen molar-refractivity contribution < 1.29 is 4.58 Å². The minimum absolute atomic E-state index is 0.109. The van der Waals surface area contributed by atoms with E-state index in [9.17, 15) is 0 Å². The summed E-state index contributed by atoms with van der Waals surface area (Å²) in [6.45, 7) is 9.16. The quantitative estimate of drug-likeness (QED) is 0.329. The summed E-state index contributed by atoms with van der Waals surface area (Å²) in [5.74, 6) is 0. The molecule has 2 aliphatic heterocycles. The molecule has 3 nitrogen and oxygen atoms in total. The van der Waals surface area contributed by atoms with Crippen molar-refractivity contribution in [2.24, 2.45) is 5.73 Å². The van der Waals surface area contributed by atoms with Crippen LogP contribution in [0.15, 0.2) is 118 Å². The summed E-state index contributed by atoms with van der Waals surface area (Å²) >= 11 is 6.97. The molecule has 0 radical (unpaired) electrons. The lowest BCUT2D eigenvalue weighted by atomic mass is 9.81. The number of para-hydroxylation sites is 2. The van der Waals surface area contributed by atoms with E-state index in [4.69, 9.17) is 5.73 Å². The fourth-order valence-corrected chi connectivity index (χ4v) is 6.70. The summed E-state index contributed by atoms with van der Waals surface area (Å²) in [5, 5.41) is 0. The number of fused-ring (bicyclic) bond motifs is 2. The Hall–Kier alpha value is -2.89. The van der Waals surface area contributed by atoms with E-state index < -0.39 is 0 Å². The second-order valence-corrected chi connectivity index (χ2v) is 12.4. The van der Waals surface area contributed by atoms with E-state index in [0.717, 1.165) is 25.0 Å². The zero-order valence-corrected chi connectivity index (χ0v) is 26.3. The Morgan fingerprint density at radius 1 is 0.846 bits per heavy atom. The van der Waals surface area contributed by atoms with Crippen molar-refractivity contribution in [3.8, 4) is 0 Å². The third-order valence-electron chi connectivity index (χ3n) is 8.35. The first-order chi connectivity index (χ1) is 18.7. The van der Waals surface area contributed by atoms with Crippen LogP contribution in [0.4, 0.5) is 11.4 Å². The maximum Gasteiger partial charge on any atom is 0.215 e. The summed E-state index contributed by atoms with van der Waals surface area (Å²) in [6, 6.07) is 17.3. The first-order valence-electron chi connectivity index (χ1n) is 13.5. The Morgan fingerprint density at radius 2 is 1.56 bits per heavy atom. The fraction of sp³-hybridized carbons (Fsp3) is 0.265. The highest BCUT2D eigenvalue weighted by Crippen LogP contribution is 2.48. The van der Waals surface area contributed by atoms with Crippen LogP contribution in [0.5, 0.6) is 0 Å². The molecule has 0 unspecified atom stereocenters. The third-order valence-corrected chi connectivity index (χ3v) is 8.83. The molecule has 1 aliphatic carbocycles. The number of nitrogens with two attached hydrogens (primary N) is 1. The molecular formula is C34H36Br2N3+. The van der Waals surface area contributed by atoms with E-state index in [1.165, 1.54) is 45.1 Å². The smallest absolute Gasteiger partial charge is 0.215 e. The van der Waals surface area contributed by atoms with Gasteiger partial charge in [0.2, 0.25) is 5.69 Å². The highest BCUT2D eigenvalue weighted by atomic mass is 79.9. The van der Waals surface area contributed by atoms with Gasteiger partial charge in [0.05, 0.1) is 5.41 Å². The molecule has 0 saturated carbocycles. The van der Waals surface area contributed by atoms with Crippen LogP contribution in [0, 0.1) is 0 Å². The lowest BCUT2D eigenvalue weighted by Crippen LogP contribution is -2.26. The first kappa shape index (κ1) is 27.7. The minimum atomic E-state index is -0.109. The van der Waals surface area contributed by atoms with Crippen LogP contribution in [0.3, 0.4) is 0 Å². The molecule has 5 heteroatoms. The Kier molecular flexibility index (Phi) is 7.76. The Morgan fingerprint density at radius 3 is 2.31 bits per heavy atom. The molecule has 0 fully saturated rings. The molecule has 200 valence electrons. The second kappa shape index (κ2) is 10.9. The number of anilines is 1. The predicted molar refractivity (Wildman–Crippen MR) is 173 cm³/mol. The molecule has 0 atom stereocenters. The summed E-state index contributed by atoms with van der Waals surface area (Å²) in [7, 11) is 0. The second-order valence-electron chi connectivity index (χ2n) is 11.3. The number of nitrogens with zero attached hydrogens (tertiary/aromatic N) is 2. The molecule has 2 aromatic carbocycles. The monoisotopic (exact) mass is 644 g/mol. The van der Waals surface area contributed by atoms with Crippen LogP contribution >= 0.6 is 31.9 Å². The average molecular weight is 646 g/mol. The predicted octanol–water partition coefficient (Wildman–Crippen LogP) is 9.36. The molecular weight excluding hydrogens is 610 g/mol. The number of halogens is 2. The van der Waals surface area contributed by atoms with Crippen LogP contribution in [-0.4, -0.2) is 10.3 Å². The molecule has 2 N–H and O–H groups in total. The van der Waals surface area contributed by atoms with E-state index in [1.807, 2.05) is 9.97 Å². The number of benzene rings is 2. The average Bonchev–Trinajstić information content (AvgIpc) is 3.27. The molecule has 0 amide bonds. The number of allylic oxidation sites excluding steroid dienone is 7. The van der Waals surface area contributed by atoms with Gasteiger partial charge in [-0.15, -0.1) is 0 Å². The van der Waals surface area contributed by atoms with Crippen molar-refractivity contribution in [2.45, 2.75) is 57.8 Å². The Bertz CT molecular complexity index is 1510. The molecule has 0 saturated heterocycles. The molecule has 39 heavy (non-hydrogen) atoms. The molecule has 2 heterocycles. The lowest BCUT2D eigenvalue weighted by molar-refractivity contribution is -0.356. The maximum atomic E-state index is 6.83. The SMILES string of the molecule is CC1(C)C(/C=C/C2=C(N)C(=C/C=C3/N(/C=C/Br)c4ccccc4C3(C)C)/CCC2)=[N+](/C=C/Br)c2ccccc21. The topological polar surface area (TPSA) is 32.3 Å². The van der Waals surface area contributed by atoms with Crippen molar-refractivity contribution in [2.75, 3.05) is 4.90 Å². The minimum Gasteiger partial charge on any atom is -0.398 e. The summed E-state index contributed by atoms with van der Waals surface area (Å²) in [6.07, 6.45) is 16.2. The number of hydrogen-bond donors (Lipinski definition) is 1. The van der Waals surface area contributed by atoms with Crippen molar-refractivity contribution in [3.63, 3.8) is 0 Å². The van der Waals surface area contributed by atoms with E-state index in [2.05, 4.69) is 154 Å². The van der Waals surface area contributed by atoms with Crippen LogP contribution < -0.4 is 10.6 Å². The van der Waals surface area contributed by atoms with Crippen LogP contribution in [0.25, 0.3) is 0 Å². The Labute approximate surface area is 249 Å². The largest absolute Gasteiger partial charge is 0.398 e. The normalized spacial score (nSPS) is 22.4. The molecule has 2 aromatic rings. The first-order valence-corrected chi connectivity index (χ1v) is 15.3. The molecule has 0 aromatic heterocycles. The van der Waals surface area contributed by atoms with E-state index in [0.29, 0.717) is 0 Å². The van der Waals surface area contributed by atoms with Crippen LogP contribution in [-0.2, 0) is 10.8 Å². The zero-order chi connectivity index (χ0) is 27.8. The van der Waals surface area contributed by atoms with Gasteiger partial charge in [-0.05, 0) is 66.9 Å². The van der Waals surface area contributed by atoms with Crippen molar-refractivity contribution >= 4 is 48.9 Å². The van der Waals surface area contributed by atoms with Crippen molar-refractivity contribution in [1.82, 2.24) is 0 Å². The standard InChI is InChI=1S/C34H35Br2N3/c1-33(2)26-12-5-7-14-28(26)38(22-20-35)30(33)18-16-24-10-9-11-25(32(24)37)17-19-31-34(3,4)27-13-6-8-15-29(27)39(31)23-21-36/h5-8,12-23,37H,9-11H2,1-4H3/p+1/b22-20+,23-21+,24-16+,30-18+. The van der Waals surface area contributed by atoms with Gasteiger partial charge in [0.1, 0.15) is 0 Å². The Balaban J connectivity index is 1.51. The number of hydrogen-bond acceptors (Lipinski definition) is 2. The van der Waals surface area contributed by atoms with Gasteiger partial charge in [-0.1, -0.05) is 94.3 Å². The third kappa shape index (κ3) is 4.85. The van der Waals surface area contributed by atoms with Gasteiger partial charge in [-0.25, -0.2) is 0 Å². The molecule has 0 spiro atoms. The van der Waals surface area contributed by atoms with Gasteiger partial charge in [-0.2, -0.15) is 4.58 Å². The van der Waals surface area contributed by atoms with Crippen LogP contribution in [0.2, 0.25) is 0 Å². The summed E-state index contributed by atoms with van der Waals surface area (Å²) in [5.41, 5.74) is 17.5. The van der Waals surface area contributed by atoms with Crippen molar-refractivity contribution in [1.29, 1.82) is 0 Å². The van der Waals surface area contributed by atoms with Gasteiger partial charge in [0, 0.05) is 51.4 Å². The van der Waals surface area contributed by atoms with Crippen molar-refractivity contribution in [3.05, 3.63) is 129 Å². The molecule has 3 aliphatic rings. The zero-order valence-electron chi connectivity index (χ0n) is 23.1. The summed E-state index contributed by atoms with van der Waals surface area (Å²) in [4.78, 5) is 6.10. The summed E-state index contributed by atoms with van der Waals surface area (Å²) < 4.78 is 2.27. The highest BCUT2D eigenvalue weighted by molar-refractivity contribution is 9.11.